The zero-order chi connectivity index (χ0) is 24.6. The fourth-order valence-corrected chi connectivity index (χ4v) is 6.66. The summed E-state index contributed by atoms with van der Waals surface area (Å²) in [5.74, 6) is -2.82. The second kappa shape index (κ2) is 7.60. The monoisotopic (exact) mass is 467 g/mol. The molecule has 3 aliphatic carbocycles. The number of hydrogen-bond acceptors (Lipinski definition) is 5. The molecule has 1 saturated heterocycles. The normalized spacial score (nSPS) is 28.1. The molecular weight excluding hydrogens is 442 g/mol. The van der Waals surface area contributed by atoms with Crippen LogP contribution in [0.25, 0.3) is 10.8 Å². The molecule has 0 bridgehead atoms. The highest BCUT2D eigenvalue weighted by atomic mass is 16.3. The van der Waals surface area contributed by atoms with Crippen molar-refractivity contribution in [2.75, 3.05) is 6.54 Å². The van der Waals surface area contributed by atoms with Crippen molar-refractivity contribution >= 4 is 34.2 Å². The van der Waals surface area contributed by atoms with Crippen molar-refractivity contribution in [2.45, 2.75) is 32.6 Å². The van der Waals surface area contributed by atoms with Crippen LogP contribution in [-0.4, -0.2) is 39.9 Å². The van der Waals surface area contributed by atoms with Crippen LogP contribution in [0.2, 0.25) is 0 Å². The van der Waals surface area contributed by atoms with Crippen molar-refractivity contribution in [2.24, 2.45) is 17.8 Å². The third kappa shape index (κ3) is 2.89. The highest BCUT2D eigenvalue weighted by Gasteiger charge is 2.56. The number of fused-ring (bicyclic) bond motifs is 4. The predicted molar refractivity (Wildman–Crippen MR) is 129 cm³/mol. The molecule has 4 unspecified atom stereocenters. The lowest BCUT2D eigenvalue weighted by molar-refractivity contribution is -0.139. The number of phenolic OH excluding ortho intramolecular Hbond substituents is 1. The maximum absolute atomic E-state index is 13.5. The van der Waals surface area contributed by atoms with Gasteiger partial charge in [-0.15, -0.1) is 0 Å². The summed E-state index contributed by atoms with van der Waals surface area (Å²) in [4.78, 5) is 54.4. The van der Waals surface area contributed by atoms with Crippen LogP contribution in [0, 0.1) is 17.8 Å². The molecule has 6 heteroatoms. The predicted octanol–water partition coefficient (Wildman–Crippen LogP) is 3.99. The Bertz CT molecular complexity index is 1460. The first-order chi connectivity index (χ1) is 16.8. The summed E-state index contributed by atoms with van der Waals surface area (Å²) < 4.78 is 0. The maximum atomic E-state index is 13.5. The van der Waals surface area contributed by atoms with E-state index in [0.717, 1.165) is 16.3 Å². The van der Waals surface area contributed by atoms with E-state index in [-0.39, 0.29) is 41.5 Å². The van der Waals surface area contributed by atoms with Crippen LogP contribution in [0.15, 0.2) is 70.8 Å². The van der Waals surface area contributed by atoms with Gasteiger partial charge in [0.1, 0.15) is 5.75 Å². The molecule has 2 aromatic carbocycles. The third-order valence-electron chi connectivity index (χ3n) is 8.21. The Labute approximate surface area is 202 Å². The lowest BCUT2D eigenvalue weighted by Gasteiger charge is -2.42. The number of amides is 2. The quantitative estimate of drug-likeness (QED) is 0.410. The molecule has 176 valence electrons. The van der Waals surface area contributed by atoms with Crippen LogP contribution in [0.1, 0.15) is 38.2 Å². The molecule has 0 spiro atoms. The Hall–Kier alpha value is -3.80. The molecule has 0 aromatic heterocycles. The zero-order valence-electron chi connectivity index (χ0n) is 19.6. The number of allylic oxidation sites excluding steroid dienone is 6. The molecule has 6 nitrogen and oxygen atoms in total. The first kappa shape index (κ1) is 21.7. The Morgan fingerprint density at radius 2 is 1.77 bits per heavy atom. The van der Waals surface area contributed by atoms with E-state index in [1.54, 1.807) is 19.9 Å². The molecule has 2 aromatic rings. The number of carbonyl (C=O) groups excluding carboxylic acids is 4. The minimum Gasteiger partial charge on any atom is -0.508 e. The molecular formula is C29H25NO5. The van der Waals surface area contributed by atoms with Gasteiger partial charge in [0.15, 0.2) is 11.6 Å². The first-order valence-corrected chi connectivity index (χ1v) is 12.1. The second-order valence-electron chi connectivity index (χ2n) is 9.87. The molecule has 0 radical (unpaired) electrons. The SMILES string of the molecule is CCN1C(=O)C2CC=C3C(c4c(O)ccc5ccccc45)C4=C(CC3C2C1=O)C(=O)C=C(C)C4=O. The van der Waals surface area contributed by atoms with Gasteiger partial charge in [-0.2, -0.15) is 0 Å². The van der Waals surface area contributed by atoms with Crippen molar-refractivity contribution in [3.63, 3.8) is 0 Å². The van der Waals surface area contributed by atoms with Gasteiger partial charge < -0.3 is 5.11 Å². The standard InChI is InChI=1S/C29H25NO5/c1-3-30-28(34)18-10-9-17-19(23(18)29(30)35)13-20-22(32)12-14(2)27(33)26(20)25(17)24-16-7-5-4-6-15(16)8-11-21(24)31/h4-9,11-12,18-19,23,25,31H,3,10,13H2,1-2H3. The number of aromatic hydroxyl groups is 1. The van der Waals surface area contributed by atoms with Crippen molar-refractivity contribution < 1.29 is 24.3 Å². The number of benzene rings is 2. The van der Waals surface area contributed by atoms with Crippen LogP contribution in [0.5, 0.6) is 5.75 Å². The Kier molecular flexibility index (Phi) is 4.72. The summed E-state index contributed by atoms with van der Waals surface area (Å²) in [7, 11) is 0. The van der Waals surface area contributed by atoms with E-state index in [1.165, 1.54) is 11.0 Å². The number of phenols is 1. The van der Waals surface area contributed by atoms with E-state index >= 15 is 0 Å². The average Bonchev–Trinajstić information content (AvgIpc) is 3.11. The van der Waals surface area contributed by atoms with Crippen molar-refractivity contribution in [3.8, 4) is 5.75 Å². The highest BCUT2D eigenvalue weighted by Crippen LogP contribution is 2.56. The van der Waals surface area contributed by atoms with E-state index in [0.29, 0.717) is 35.2 Å². The molecule has 4 aliphatic rings. The van der Waals surface area contributed by atoms with E-state index in [4.69, 9.17) is 0 Å². The lowest BCUT2D eigenvalue weighted by Crippen LogP contribution is -2.39. The molecule has 6 rings (SSSR count). The van der Waals surface area contributed by atoms with Gasteiger partial charge in [0, 0.05) is 34.7 Å². The van der Waals surface area contributed by atoms with Crippen molar-refractivity contribution in [1.29, 1.82) is 0 Å². The first-order valence-electron chi connectivity index (χ1n) is 12.1. The number of nitrogens with zero attached hydrogens (tertiary/aromatic N) is 1. The summed E-state index contributed by atoms with van der Waals surface area (Å²) in [5, 5.41) is 12.8. The van der Waals surface area contributed by atoms with Crippen molar-refractivity contribution in [3.05, 3.63) is 76.4 Å². The van der Waals surface area contributed by atoms with E-state index in [9.17, 15) is 24.3 Å². The Morgan fingerprint density at radius 1 is 1.00 bits per heavy atom. The molecule has 35 heavy (non-hydrogen) atoms. The number of rotatable bonds is 2. The third-order valence-corrected chi connectivity index (χ3v) is 8.21. The van der Waals surface area contributed by atoms with Crippen LogP contribution >= 0.6 is 0 Å². The molecule has 1 fully saturated rings. The topological polar surface area (TPSA) is 91.8 Å². The Balaban J connectivity index is 1.63. The van der Waals surface area contributed by atoms with Crippen LogP contribution in [0.3, 0.4) is 0 Å². The van der Waals surface area contributed by atoms with Gasteiger partial charge >= 0.3 is 0 Å². The number of ketones is 2. The smallest absolute Gasteiger partial charge is 0.233 e. The minimum absolute atomic E-state index is 0.0423. The number of carbonyl (C=O) groups is 4. The van der Waals surface area contributed by atoms with Gasteiger partial charge in [-0.3, -0.25) is 24.1 Å². The molecule has 0 saturated carbocycles. The number of hydrogen-bond donors (Lipinski definition) is 1. The molecule has 4 atom stereocenters. The zero-order valence-corrected chi connectivity index (χ0v) is 19.6. The molecule has 1 aliphatic heterocycles. The van der Waals surface area contributed by atoms with Crippen LogP contribution in [-0.2, 0) is 19.2 Å². The summed E-state index contributed by atoms with van der Waals surface area (Å²) in [6.45, 7) is 3.74. The fraction of sp³-hybridized carbons (Fsp3) is 0.310. The molecule has 1 heterocycles. The van der Waals surface area contributed by atoms with Gasteiger partial charge in [0.2, 0.25) is 11.8 Å². The van der Waals surface area contributed by atoms with E-state index < -0.39 is 17.8 Å². The minimum atomic E-state index is -0.658. The van der Waals surface area contributed by atoms with Gasteiger partial charge in [0.05, 0.1) is 11.8 Å². The molecule has 2 amide bonds. The number of likely N-dealkylation sites (tertiary alicyclic amines) is 1. The summed E-state index contributed by atoms with van der Waals surface area (Å²) >= 11 is 0. The average molecular weight is 468 g/mol. The van der Waals surface area contributed by atoms with Gasteiger partial charge in [-0.1, -0.05) is 42.0 Å². The fourth-order valence-electron chi connectivity index (χ4n) is 6.66. The van der Waals surface area contributed by atoms with Gasteiger partial charge in [-0.25, -0.2) is 0 Å². The van der Waals surface area contributed by atoms with Gasteiger partial charge in [0.25, 0.3) is 0 Å². The maximum Gasteiger partial charge on any atom is 0.233 e. The van der Waals surface area contributed by atoms with Crippen LogP contribution in [0.4, 0.5) is 0 Å². The molecule has 1 N–H and O–H groups in total. The van der Waals surface area contributed by atoms with E-state index in [1.807, 2.05) is 36.4 Å². The summed E-state index contributed by atoms with van der Waals surface area (Å²) in [6.07, 6.45) is 4.00. The number of Topliss-reactive ketones (excluding diaryl/α,β-unsaturated/α-hetero) is 1. The summed E-state index contributed by atoms with van der Waals surface area (Å²) in [5.41, 5.74) is 2.59. The van der Waals surface area contributed by atoms with E-state index in [2.05, 4.69) is 0 Å². The van der Waals surface area contributed by atoms with Crippen LogP contribution < -0.4 is 0 Å². The van der Waals surface area contributed by atoms with Gasteiger partial charge in [-0.05, 0) is 55.5 Å². The number of imide groups is 1. The summed E-state index contributed by atoms with van der Waals surface area (Å²) in [6, 6.07) is 11.1. The highest BCUT2D eigenvalue weighted by molar-refractivity contribution is 6.24. The second-order valence-corrected chi connectivity index (χ2v) is 9.87. The largest absolute Gasteiger partial charge is 0.508 e. The van der Waals surface area contributed by atoms with Crippen molar-refractivity contribution in [1.82, 2.24) is 4.90 Å². The Morgan fingerprint density at radius 3 is 2.54 bits per heavy atom. The lowest BCUT2D eigenvalue weighted by atomic mass is 9.59.